The number of aliphatic hydroxyl groups excluding tert-OH is 1. The van der Waals surface area contributed by atoms with Gasteiger partial charge in [0.2, 0.25) is 0 Å². The molecule has 0 amide bonds. The number of allylic oxidation sites excluding steroid dienone is 6. The first-order valence-corrected chi connectivity index (χ1v) is 30.4. The van der Waals surface area contributed by atoms with Gasteiger partial charge in [-0.3, -0.25) is 4.79 Å². The molecule has 5 aliphatic rings. The zero-order chi connectivity index (χ0) is 57.8. The lowest BCUT2D eigenvalue weighted by atomic mass is 9.67. The Morgan fingerprint density at radius 2 is 0.889 bits per heavy atom. The minimum Gasteiger partial charge on any atom is -0.512 e. The maximum Gasteiger partial charge on any atom is 0.159 e. The first kappa shape index (κ1) is 54.8. The minimum atomic E-state index is -0.387. The summed E-state index contributed by atoms with van der Waals surface area (Å²) in [6, 6.07) is 53.7. The van der Waals surface area contributed by atoms with Crippen molar-refractivity contribution in [1.29, 1.82) is 0 Å². The minimum absolute atomic E-state index is 0.0270. The van der Waals surface area contributed by atoms with Crippen LogP contribution in [0.1, 0.15) is 215 Å². The van der Waals surface area contributed by atoms with Gasteiger partial charge in [0.25, 0.3) is 0 Å². The fourth-order valence-electron chi connectivity index (χ4n) is 16.0. The molecule has 0 heterocycles. The molecule has 1 N–H and O–H groups in total. The van der Waals surface area contributed by atoms with Crippen LogP contribution in [0.3, 0.4) is 0 Å². The van der Waals surface area contributed by atoms with Gasteiger partial charge in [-0.1, -0.05) is 268 Å². The van der Waals surface area contributed by atoms with Gasteiger partial charge < -0.3 is 5.11 Å². The maximum absolute atomic E-state index is 14.2. The van der Waals surface area contributed by atoms with Gasteiger partial charge in [0, 0.05) is 46.0 Å². The van der Waals surface area contributed by atoms with E-state index in [2.05, 4.69) is 262 Å². The van der Waals surface area contributed by atoms with E-state index < -0.39 is 0 Å². The molecule has 0 aromatic heterocycles. The largest absolute Gasteiger partial charge is 0.512 e. The van der Waals surface area contributed by atoms with Crippen LogP contribution >= 0.6 is 0 Å². The Kier molecular flexibility index (Phi) is 12.4. The molecule has 0 aliphatic heterocycles. The molecule has 7 aromatic rings. The van der Waals surface area contributed by atoms with Crippen LogP contribution in [0, 0.1) is 11.3 Å². The Bertz CT molecular complexity index is 3890. The molecule has 7 aromatic carbocycles. The highest BCUT2D eigenvalue weighted by Gasteiger charge is 2.47. The van der Waals surface area contributed by atoms with Crippen LogP contribution in [0.5, 0.6) is 0 Å². The number of rotatable bonds is 13. The highest BCUT2D eigenvalue weighted by Crippen LogP contribution is 2.58. The van der Waals surface area contributed by atoms with E-state index in [-0.39, 0.29) is 54.9 Å². The summed E-state index contributed by atoms with van der Waals surface area (Å²) >= 11 is 0. The molecule has 414 valence electrons. The van der Waals surface area contributed by atoms with Crippen molar-refractivity contribution in [2.24, 2.45) is 11.3 Å². The van der Waals surface area contributed by atoms with Crippen molar-refractivity contribution in [2.45, 2.75) is 181 Å². The van der Waals surface area contributed by atoms with Gasteiger partial charge in [0.05, 0.1) is 5.76 Å². The van der Waals surface area contributed by atoms with E-state index in [1.54, 1.807) is 6.08 Å². The van der Waals surface area contributed by atoms with Crippen LogP contribution in [0.4, 0.5) is 0 Å². The average molecular weight is 1070 g/mol. The van der Waals surface area contributed by atoms with Crippen molar-refractivity contribution in [3.05, 3.63) is 241 Å². The van der Waals surface area contributed by atoms with Crippen molar-refractivity contribution < 1.29 is 9.90 Å². The summed E-state index contributed by atoms with van der Waals surface area (Å²) in [5, 5.41) is 11.8. The Hall–Kier alpha value is -6.77. The number of carbonyl (C=O) groups is 1. The lowest BCUT2D eigenvalue weighted by Crippen LogP contribution is -2.29. The number of fused-ring (bicyclic) bond motifs is 12. The van der Waals surface area contributed by atoms with Crippen molar-refractivity contribution >= 4 is 11.4 Å². The zero-order valence-corrected chi connectivity index (χ0v) is 51.5. The molecular weight excluding hydrogens is 981 g/mol. The van der Waals surface area contributed by atoms with Gasteiger partial charge >= 0.3 is 0 Å². The predicted octanol–water partition coefficient (Wildman–Crippen LogP) is 20.5. The SMILES string of the molecule is CCC(C)(C/C(O)=C/C(=O)CC(C)(C)C1=CC=C2c3ccc(C(C)(CC)c4ccc5c(c4)C(C)(C)c4ccccc4-5)cc3C(C)(C)C2C1)c1ccc2c(c1)C(C)(C)c1cc(C(C)(C)c3ccc4c(c3)C(C)(C)c3ccccc3-4)ccc1-2. The predicted molar refractivity (Wildman–Crippen MR) is 341 cm³/mol. The van der Waals surface area contributed by atoms with Crippen molar-refractivity contribution in [2.75, 3.05) is 0 Å². The third-order valence-corrected chi connectivity index (χ3v) is 22.3. The molecule has 2 nitrogen and oxygen atoms in total. The van der Waals surface area contributed by atoms with E-state index >= 15 is 0 Å². The van der Waals surface area contributed by atoms with E-state index in [0.717, 1.165) is 19.3 Å². The normalized spacial score (nSPS) is 19.8. The van der Waals surface area contributed by atoms with Gasteiger partial charge in [-0.15, -0.1) is 0 Å². The molecule has 5 aliphatic carbocycles. The van der Waals surface area contributed by atoms with E-state index in [0.29, 0.717) is 18.8 Å². The zero-order valence-electron chi connectivity index (χ0n) is 51.5. The Balaban J connectivity index is 0.739. The summed E-state index contributed by atoms with van der Waals surface area (Å²) in [5.41, 5.74) is 26.9. The molecule has 2 heteroatoms. The molecule has 0 fully saturated rings. The summed E-state index contributed by atoms with van der Waals surface area (Å²) < 4.78 is 0. The molecule has 0 saturated heterocycles. The first-order chi connectivity index (χ1) is 38.1. The Morgan fingerprint density at radius 3 is 1.38 bits per heavy atom. The van der Waals surface area contributed by atoms with Gasteiger partial charge in [-0.25, -0.2) is 0 Å². The fourth-order valence-corrected chi connectivity index (χ4v) is 16.0. The van der Waals surface area contributed by atoms with Crippen LogP contribution < -0.4 is 0 Å². The second-order valence-electron chi connectivity index (χ2n) is 29.1. The molecule has 0 spiro atoms. The molecular formula is C79H86O2. The number of benzene rings is 7. The maximum atomic E-state index is 14.2. The summed E-state index contributed by atoms with van der Waals surface area (Å²) in [4.78, 5) is 14.2. The van der Waals surface area contributed by atoms with Crippen molar-refractivity contribution in [3.63, 3.8) is 0 Å². The average Bonchev–Trinajstić information content (AvgIpc) is 2.66. The third kappa shape index (κ3) is 8.17. The molecule has 3 atom stereocenters. The van der Waals surface area contributed by atoms with E-state index in [9.17, 15) is 9.90 Å². The van der Waals surface area contributed by atoms with E-state index in [1.807, 2.05) is 0 Å². The smallest absolute Gasteiger partial charge is 0.159 e. The lowest BCUT2D eigenvalue weighted by Gasteiger charge is -2.37. The molecule has 0 bridgehead atoms. The summed E-state index contributed by atoms with van der Waals surface area (Å²) in [7, 11) is 0. The van der Waals surface area contributed by atoms with Crippen molar-refractivity contribution in [1.82, 2.24) is 0 Å². The number of hydrogen-bond donors (Lipinski definition) is 1. The molecule has 81 heavy (non-hydrogen) atoms. The van der Waals surface area contributed by atoms with Crippen LogP contribution in [-0.4, -0.2) is 10.9 Å². The second-order valence-corrected chi connectivity index (χ2v) is 29.1. The number of aliphatic hydroxyl groups is 1. The fraction of sp³-hybridized carbons (Fsp3) is 0.380. The highest BCUT2D eigenvalue weighted by atomic mass is 16.3. The summed E-state index contributed by atoms with van der Waals surface area (Å²) in [5.74, 6) is 0.435. The molecule has 12 rings (SSSR count). The molecule has 3 unspecified atom stereocenters. The topological polar surface area (TPSA) is 37.3 Å². The second kappa shape index (κ2) is 18.4. The lowest BCUT2D eigenvalue weighted by molar-refractivity contribution is -0.116. The monoisotopic (exact) mass is 1070 g/mol. The third-order valence-electron chi connectivity index (χ3n) is 22.3. The Morgan fingerprint density at radius 1 is 0.481 bits per heavy atom. The number of carbonyl (C=O) groups excluding carboxylic acids is 1. The quantitative estimate of drug-likeness (QED) is 0.0923. The molecule has 0 saturated carbocycles. The van der Waals surface area contributed by atoms with Gasteiger partial charge in [0.15, 0.2) is 5.78 Å². The van der Waals surface area contributed by atoms with E-state index in [4.69, 9.17) is 0 Å². The van der Waals surface area contributed by atoms with E-state index in [1.165, 1.54) is 117 Å². The van der Waals surface area contributed by atoms with Gasteiger partial charge in [-0.05, 0) is 153 Å². The van der Waals surface area contributed by atoms with Crippen LogP contribution in [0.15, 0.2) is 169 Å². The van der Waals surface area contributed by atoms with Crippen LogP contribution in [0.2, 0.25) is 0 Å². The van der Waals surface area contributed by atoms with Crippen molar-refractivity contribution in [3.8, 4) is 33.4 Å². The first-order valence-electron chi connectivity index (χ1n) is 30.4. The number of hydrogen-bond acceptors (Lipinski definition) is 2. The Labute approximate surface area is 485 Å². The van der Waals surface area contributed by atoms with Crippen LogP contribution in [0.25, 0.3) is 39.0 Å². The summed E-state index contributed by atoms with van der Waals surface area (Å²) in [6.45, 7) is 37.5. The van der Waals surface area contributed by atoms with Crippen LogP contribution in [-0.2, 0) is 42.7 Å². The standard InChI is InChI=1S/C79H86O2/c1-17-78(15,51-30-36-62-61-35-29-50(41-68(61)77(13,14)69(62)42-51)73(5,6)49-28-34-58-56-23-19-21-25-64(56)74(7,8)67(58)40-49)47-55(81)45-54(80)46-72(3,4)48-27-33-60-63-38-32-53(44-71(63)76(11,12)66(60)39-48)79(16,18-2)52-31-37-59-57-24-20-22-26-65(57)75(9,10)70(59)43-52/h19-38,40-45,66,81H,17-18,39,46-47H2,1-16H3/b55-45-. The van der Waals surface area contributed by atoms with Gasteiger partial charge in [-0.2, -0.15) is 0 Å². The summed E-state index contributed by atoms with van der Waals surface area (Å²) in [6.07, 6.45) is 9.64. The number of ketones is 1. The molecule has 0 radical (unpaired) electrons. The van der Waals surface area contributed by atoms with Gasteiger partial charge in [0.1, 0.15) is 0 Å². The highest BCUT2D eigenvalue weighted by molar-refractivity contribution is 5.91.